The molecule has 0 fully saturated rings. The highest BCUT2D eigenvalue weighted by Gasteiger charge is 2.18. The first-order valence-electron chi connectivity index (χ1n) is 7.72. The van der Waals surface area contributed by atoms with Gasteiger partial charge in [0.2, 0.25) is 5.91 Å². The minimum atomic E-state index is -0.456. The predicted molar refractivity (Wildman–Crippen MR) is 100 cm³/mol. The number of fused-ring (bicyclic) bond motifs is 1. The van der Waals surface area contributed by atoms with Crippen molar-refractivity contribution in [2.45, 2.75) is 19.9 Å². The number of nitrogens with one attached hydrogen (secondary N) is 1. The normalized spacial score (nSPS) is 12.6. The van der Waals surface area contributed by atoms with Gasteiger partial charge in [0.15, 0.2) is 6.61 Å². The van der Waals surface area contributed by atoms with Crippen LogP contribution >= 0.6 is 12.4 Å². The minimum absolute atomic E-state index is 0. The van der Waals surface area contributed by atoms with E-state index in [0.29, 0.717) is 11.4 Å². The van der Waals surface area contributed by atoms with E-state index in [2.05, 4.69) is 10.1 Å². The Morgan fingerprint density at radius 2 is 1.76 bits per heavy atom. The Hall–Kier alpha value is -2.31. The smallest absolute Gasteiger partial charge is 0.343 e. The summed E-state index contributed by atoms with van der Waals surface area (Å²) in [6.45, 7) is 3.41. The maximum absolute atomic E-state index is 12.3. The molecule has 7 heteroatoms. The maximum Gasteiger partial charge on any atom is 0.343 e. The molecule has 25 heavy (non-hydrogen) atoms. The van der Waals surface area contributed by atoms with Gasteiger partial charge >= 0.3 is 5.97 Å². The topological polar surface area (TPSA) is 90.6 Å². The van der Waals surface area contributed by atoms with Crippen LogP contribution in [0.2, 0.25) is 0 Å². The predicted octanol–water partition coefficient (Wildman–Crippen LogP) is 2.74. The molecule has 0 saturated carbocycles. The van der Waals surface area contributed by atoms with Crippen LogP contribution in [0.5, 0.6) is 5.75 Å². The van der Waals surface area contributed by atoms with Gasteiger partial charge in [-0.25, -0.2) is 4.79 Å². The zero-order valence-corrected chi connectivity index (χ0v) is 15.3. The number of ether oxygens (including phenoxy) is 2. The van der Waals surface area contributed by atoms with Crippen LogP contribution in [0.3, 0.4) is 0 Å². The standard InChI is InChI=1S/C18H22N2O4.ClH/c1-11(12(2)19)18(22)20-15-8-9-16(24-10-17(21)23-3)14-7-5-4-6-13(14)15;/h4-9,11-12H,10,19H2,1-3H3,(H,20,22);1H. The van der Waals surface area contributed by atoms with Gasteiger partial charge in [-0.1, -0.05) is 31.2 Å². The molecule has 0 aliphatic carbocycles. The number of esters is 1. The molecule has 0 bridgehead atoms. The number of hydrogen-bond donors (Lipinski definition) is 2. The van der Waals surface area contributed by atoms with Crippen molar-refractivity contribution in [2.75, 3.05) is 19.0 Å². The Morgan fingerprint density at radius 3 is 2.36 bits per heavy atom. The van der Waals surface area contributed by atoms with Crippen molar-refractivity contribution in [3.05, 3.63) is 36.4 Å². The monoisotopic (exact) mass is 366 g/mol. The van der Waals surface area contributed by atoms with Gasteiger partial charge in [0.25, 0.3) is 0 Å². The van der Waals surface area contributed by atoms with Gasteiger partial charge in [0.1, 0.15) is 5.75 Å². The van der Waals surface area contributed by atoms with E-state index >= 15 is 0 Å². The molecule has 3 N–H and O–H groups in total. The van der Waals surface area contributed by atoms with E-state index in [4.69, 9.17) is 10.5 Å². The lowest BCUT2D eigenvalue weighted by atomic mass is 10.0. The van der Waals surface area contributed by atoms with Crippen molar-refractivity contribution >= 4 is 40.7 Å². The second-order valence-corrected chi connectivity index (χ2v) is 5.66. The van der Waals surface area contributed by atoms with Crippen LogP contribution in [0, 0.1) is 5.92 Å². The maximum atomic E-state index is 12.3. The number of rotatable bonds is 6. The fourth-order valence-electron chi connectivity index (χ4n) is 2.19. The molecule has 0 radical (unpaired) electrons. The van der Waals surface area contributed by atoms with E-state index in [0.717, 1.165) is 10.8 Å². The Kier molecular flexibility index (Phi) is 7.67. The summed E-state index contributed by atoms with van der Waals surface area (Å²) in [5, 5.41) is 4.53. The third kappa shape index (κ3) is 5.08. The summed E-state index contributed by atoms with van der Waals surface area (Å²) in [7, 11) is 1.31. The third-order valence-electron chi connectivity index (χ3n) is 3.92. The number of carbonyl (C=O) groups excluding carboxylic acids is 2. The van der Waals surface area contributed by atoms with E-state index in [9.17, 15) is 9.59 Å². The highest BCUT2D eigenvalue weighted by Crippen LogP contribution is 2.32. The first kappa shape index (κ1) is 20.7. The highest BCUT2D eigenvalue weighted by molar-refractivity contribution is 6.04. The number of anilines is 1. The molecule has 0 heterocycles. The second kappa shape index (κ2) is 9.25. The number of benzene rings is 2. The SMILES string of the molecule is COC(=O)COc1ccc(NC(=O)C(C)C(C)N)c2ccccc12.Cl. The van der Waals surface area contributed by atoms with Crippen molar-refractivity contribution < 1.29 is 19.1 Å². The highest BCUT2D eigenvalue weighted by atomic mass is 35.5. The third-order valence-corrected chi connectivity index (χ3v) is 3.92. The summed E-state index contributed by atoms with van der Waals surface area (Å²) >= 11 is 0. The zero-order chi connectivity index (χ0) is 17.7. The largest absolute Gasteiger partial charge is 0.481 e. The quantitative estimate of drug-likeness (QED) is 0.767. The fraction of sp³-hybridized carbons (Fsp3) is 0.333. The lowest BCUT2D eigenvalue weighted by Gasteiger charge is -2.17. The first-order valence-corrected chi connectivity index (χ1v) is 7.72. The molecule has 2 aromatic carbocycles. The summed E-state index contributed by atoms with van der Waals surface area (Å²) in [6.07, 6.45) is 0. The minimum Gasteiger partial charge on any atom is -0.481 e. The fourth-order valence-corrected chi connectivity index (χ4v) is 2.19. The molecule has 0 spiro atoms. The van der Waals surface area contributed by atoms with Crippen LogP contribution in [0.15, 0.2) is 36.4 Å². The van der Waals surface area contributed by atoms with Crippen molar-refractivity contribution in [2.24, 2.45) is 11.7 Å². The Bertz CT molecular complexity index is 749. The van der Waals surface area contributed by atoms with Crippen LogP contribution in [0.1, 0.15) is 13.8 Å². The lowest BCUT2D eigenvalue weighted by molar-refractivity contribution is -0.142. The van der Waals surface area contributed by atoms with Gasteiger partial charge in [-0.05, 0) is 19.1 Å². The van der Waals surface area contributed by atoms with Gasteiger partial charge in [-0.15, -0.1) is 12.4 Å². The van der Waals surface area contributed by atoms with Gasteiger partial charge in [0.05, 0.1) is 13.0 Å². The van der Waals surface area contributed by atoms with Crippen LogP contribution < -0.4 is 15.8 Å². The number of methoxy groups -OCH3 is 1. The van der Waals surface area contributed by atoms with Gasteiger partial charge in [-0.2, -0.15) is 0 Å². The number of carbonyl (C=O) groups is 2. The van der Waals surface area contributed by atoms with Crippen molar-refractivity contribution in [1.82, 2.24) is 0 Å². The van der Waals surface area contributed by atoms with Gasteiger partial charge in [0, 0.05) is 22.5 Å². The molecule has 2 rings (SSSR count). The van der Waals surface area contributed by atoms with Crippen LogP contribution in [0.4, 0.5) is 5.69 Å². The van der Waals surface area contributed by atoms with Crippen LogP contribution in [0.25, 0.3) is 10.8 Å². The van der Waals surface area contributed by atoms with Crippen molar-refractivity contribution in [1.29, 1.82) is 0 Å². The Labute approximate surface area is 153 Å². The van der Waals surface area contributed by atoms with Crippen LogP contribution in [-0.4, -0.2) is 31.6 Å². The Balaban J connectivity index is 0.00000312. The molecule has 6 nitrogen and oxygen atoms in total. The van der Waals surface area contributed by atoms with Gasteiger partial charge in [-0.3, -0.25) is 4.79 Å². The summed E-state index contributed by atoms with van der Waals surface area (Å²) in [5.74, 6) is -0.353. The zero-order valence-electron chi connectivity index (χ0n) is 14.4. The first-order chi connectivity index (χ1) is 11.4. The summed E-state index contributed by atoms with van der Waals surface area (Å²) < 4.78 is 10.1. The van der Waals surface area contributed by atoms with Crippen molar-refractivity contribution in [3.63, 3.8) is 0 Å². The Morgan fingerprint density at radius 1 is 1.12 bits per heavy atom. The molecule has 2 aromatic rings. The number of hydrogen-bond acceptors (Lipinski definition) is 5. The van der Waals surface area contributed by atoms with E-state index in [-0.39, 0.29) is 36.9 Å². The van der Waals surface area contributed by atoms with Crippen molar-refractivity contribution in [3.8, 4) is 5.75 Å². The molecule has 136 valence electrons. The molecule has 0 saturated heterocycles. The molecule has 0 aliphatic rings. The molecule has 0 aliphatic heterocycles. The molecular formula is C18H23ClN2O4. The number of nitrogens with two attached hydrogens (primary N) is 1. The van der Waals surface area contributed by atoms with Gasteiger partial charge < -0.3 is 20.5 Å². The molecule has 1 amide bonds. The lowest BCUT2D eigenvalue weighted by Crippen LogP contribution is -2.34. The number of halogens is 1. The van der Waals surface area contributed by atoms with E-state index in [1.54, 1.807) is 26.0 Å². The second-order valence-electron chi connectivity index (χ2n) is 5.66. The average molecular weight is 367 g/mol. The summed E-state index contributed by atoms with van der Waals surface area (Å²) in [5.41, 5.74) is 6.46. The summed E-state index contributed by atoms with van der Waals surface area (Å²) in [6, 6.07) is 10.7. The summed E-state index contributed by atoms with van der Waals surface area (Å²) in [4.78, 5) is 23.5. The van der Waals surface area contributed by atoms with Crippen LogP contribution in [-0.2, 0) is 14.3 Å². The average Bonchev–Trinajstić information content (AvgIpc) is 2.59. The van der Waals surface area contributed by atoms with E-state index in [1.807, 2.05) is 24.3 Å². The molecular weight excluding hydrogens is 344 g/mol. The molecule has 0 aromatic heterocycles. The van der Waals surface area contributed by atoms with E-state index < -0.39 is 5.97 Å². The number of amides is 1. The van der Waals surface area contributed by atoms with E-state index in [1.165, 1.54) is 7.11 Å². The molecule has 2 atom stereocenters. The molecule has 2 unspecified atom stereocenters.